The SMILES string of the molecule is COCC(F)(COC)C1CCNC(N2CC(S(=O)(=O)NC3CCCC4CNN(C)C43)CN2)C1. The highest BCUT2D eigenvalue weighted by Gasteiger charge is 2.46. The van der Waals surface area contributed by atoms with E-state index >= 15 is 4.39 Å². The number of nitrogens with zero attached hydrogens (tertiary/aromatic N) is 2. The zero-order valence-electron chi connectivity index (χ0n) is 20.1. The summed E-state index contributed by atoms with van der Waals surface area (Å²) in [6, 6.07) is 0.120. The number of methoxy groups -OCH3 is 2. The highest BCUT2D eigenvalue weighted by Crippen LogP contribution is 2.34. The number of hydrogen-bond acceptors (Lipinski definition) is 9. The Balaban J connectivity index is 1.36. The Kier molecular flexibility index (Phi) is 8.29. The Labute approximate surface area is 197 Å². The van der Waals surface area contributed by atoms with Gasteiger partial charge in [0.05, 0.1) is 19.4 Å². The Bertz CT molecular complexity index is 753. The van der Waals surface area contributed by atoms with E-state index in [4.69, 9.17) is 9.47 Å². The molecule has 6 unspecified atom stereocenters. The van der Waals surface area contributed by atoms with Crippen LogP contribution in [-0.2, 0) is 19.5 Å². The topological polar surface area (TPSA) is 107 Å². The number of nitrogens with one attached hydrogen (secondary N) is 4. The molecule has 0 radical (unpaired) electrons. The van der Waals surface area contributed by atoms with E-state index in [1.165, 1.54) is 14.2 Å². The van der Waals surface area contributed by atoms with Crippen LogP contribution in [0, 0.1) is 11.8 Å². The molecular formula is C21H41FN6O4S. The number of hydrogen-bond donors (Lipinski definition) is 4. The number of sulfonamides is 1. The molecule has 0 aromatic carbocycles. The van der Waals surface area contributed by atoms with E-state index in [9.17, 15) is 8.42 Å². The summed E-state index contributed by atoms with van der Waals surface area (Å²) in [5.74, 6) is 0.252. The zero-order chi connectivity index (χ0) is 23.6. The molecule has 10 nitrogen and oxygen atoms in total. The molecule has 3 aliphatic heterocycles. The van der Waals surface area contributed by atoms with Crippen molar-refractivity contribution in [2.75, 3.05) is 60.7 Å². The molecule has 12 heteroatoms. The van der Waals surface area contributed by atoms with Crippen LogP contribution in [0.3, 0.4) is 0 Å². The molecule has 0 aromatic rings. The molecule has 4 rings (SSSR count). The summed E-state index contributed by atoms with van der Waals surface area (Å²) in [4.78, 5) is 0. The minimum Gasteiger partial charge on any atom is -0.381 e. The monoisotopic (exact) mass is 492 g/mol. The van der Waals surface area contributed by atoms with Gasteiger partial charge in [-0.3, -0.25) is 10.9 Å². The molecule has 1 aliphatic carbocycles. The average molecular weight is 493 g/mol. The summed E-state index contributed by atoms with van der Waals surface area (Å²) in [6.07, 6.45) is 4.13. The number of fused-ring (bicyclic) bond motifs is 1. The predicted octanol–water partition coefficient (Wildman–Crippen LogP) is -0.591. The maximum absolute atomic E-state index is 15.6. The van der Waals surface area contributed by atoms with Crippen molar-refractivity contribution in [2.24, 2.45) is 11.8 Å². The fourth-order valence-electron chi connectivity index (χ4n) is 6.25. The van der Waals surface area contributed by atoms with Crippen molar-refractivity contribution in [3.05, 3.63) is 0 Å². The van der Waals surface area contributed by atoms with Gasteiger partial charge in [-0.15, -0.1) is 0 Å². The van der Waals surface area contributed by atoms with Gasteiger partial charge in [0.2, 0.25) is 10.0 Å². The van der Waals surface area contributed by atoms with Crippen LogP contribution in [0.15, 0.2) is 0 Å². The first-order chi connectivity index (χ1) is 15.8. The quantitative estimate of drug-likeness (QED) is 0.336. The molecule has 1 saturated carbocycles. The predicted molar refractivity (Wildman–Crippen MR) is 123 cm³/mol. The maximum atomic E-state index is 15.6. The van der Waals surface area contributed by atoms with E-state index < -0.39 is 20.9 Å². The largest absolute Gasteiger partial charge is 0.381 e. The fraction of sp³-hybridized carbons (Fsp3) is 1.00. The second-order valence-electron chi connectivity index (χ2n) is 10.2. The normalized spacial score (nSPS) is 36.8. The Hall–Kier alpha value is -0.440. The molecule has 3 heterocycles. The number of likely N-dealkylation sites (N-methyl/N-ethyl adjacent to an activating group) is 1. The summed E-state index contributed by atoms with van der Waals surface area (Å²) in [7, 11) is 1.50. The summed E-state index contributed by atoms with van der Waals surface area (Å²) in [6.45, 7) is 2.26. The molecular weight excluding hydrogens is 451 g/mol. The number of halogens is 1. The van der Waals surface area contributed by atoms with Gasteiger partial charge in [-0.25, -0.2) is 27.5 Å². The van der Waals surface area contributed by atoms with E-state index in [0.29, 0.717) is 38.4 Å². The van der Waals surface area contributed by atoms with Gasteiger partial charge in [0, 0.05) is 58.9 Å². The maximum Gasteiger partial charge on any atom is 0.217 e. The third-order valence-electron chi connectivity index (χ3n) is 7.97. The van der Waals surface area contributed by atoms with Crippen molar-refractivity contribution >= 4 is 10.0 Å². The van der Waals surface area contributed by atoms with E-state index in [1.54, 1.807) is 0 Å². The van der Waals surface area contributed by atoms with E-state index in [2.05, 4.69) is 25.9 Å². The molecule has 4 N–H and O–H groups in total. The molecule has 0 spiro atoms. The number of ether oxygens (including phenoxy) is 2. The molecule has 4 fully saturated rings. The fourth-order valence-corrected chi connectivity index (χ4v) is 7.78. The molecule has 4 aliphatic rings. The molecule has 6 atom stereocenters. The number of rotatable bonds is 9. The zero-order valence-corrected chi connectivity index (χ0v) is 20.9. The summed E-state index contributed by atoms with van der Waals surface area (Å²) < 4.78 is 55.5. The Morgan fingerprint density at radius 3 is 2.61 bits per heavy atom. The van der Waals surface area contributed by atoms with Gasteiger partial charge in [0.25, 0.3) is 0 Å². The highest BCUT2D eigenvalue weighted by atomic mass is 32.2. The minimum absolute atomic E-state index is 0.0145. The molecule has 33 heavy (non-hydrogen) atoms. The van der Waals surface area contributed by atoms with Gasteiger partial charge < -0.3 is 14.8 Å². The van der Waals surface area contributed by atoms with Gasteiger partial charge in [0.15, 0.2) is 5.67 Å². The van der Waals surface area contributed by atoms with Crippen LogP contribution in [0.1, 0.15) is 32.1 Å². The third-order valence-corrected chi connectivity index (χ3v) is 9.79. The van der Waals surface area contributed by atoms with Crippen molar-refractivity contribution in [1.82, 2.24) is 30.9 Å². The lowest BCUT2D eigenvalue weighted by molar-refractivity contribution is -0.0760. The molecule has 3 saturated heterocycles. The van der Waals surface area contributed by atoms with Crippen LogP contribution in [-0.4, -0.2) is 108 Å². The smallest absolute Gasteiger partial charge is 0.217 e. The van der Waals surface area contributed by atoms with Gasteiger partial charge in [0.1, 0.15) is 5.25 Å². The third kappa shape index (κ3) is 5.54. The van der Waals surface area contributed by atoms with Gasteiger partial charge in [-0.1, -0.05) is 6.42 Å². The van der Waals surface area contributed by atoms with Crippen LogP contribution < -0.4 is 20.9 Å². The highest BCUT2D eigenvalue weighted by molar-refractivity contribution is 7.90. The van der Waals surface area contributed by atoms with Gasteiger partial charge >= 0.3 is 0 Å². The lowest BCUT2D eigenvalue weighted by Crippen LogP contribution is -2.57. The van der Waals surface area contributed by atoms with Crippen molar-refractivity contribution in [3.8, 4) is 0 Å². The lowest BCUT2D eigenvalue weighted by atomic mass is 9.82. The molecule has 192 valence electrons. The van der Waals surface area contributed by atoms with Crippen molar-refractivity contribution < 1.29 is 22.3 Å². The number of hydrazine groups is 2. The average Bonchev–Trinajstić information content (AvgIpc) is 3.43. The van der Waals surface area contributed by atoms with Crippen molar-refractivity contribution in [1.29, 1.82) is 0 Å². The second kappa shape index (κ2) is 10.7. The lowest BCUT2D eigenvalue weighted by Gasteiger charge is -2.41. The molecule has 0 bridgehead atoms. The van der Waals surface area contributed by atoms with Crippen molar-refractivity contribution in [3.63, 3.8) is 0 Å². The summed E-state index contributed by atoms with van der Waals surface area (Å²) in [5.41, 5.74) is 5.05. The Morgan fingerprint density at radius 2 is 1.88 bits per heavy atom. The second-order valence-corrected chi connectivity index (χ2v) is 12.1. The standard InChI is InChI=1S/C21H41FN6O4S/c1-27-20-15(10-24-27)5-4-6-18(20)26-33(29,30)17-11-25-28(12-17)19-9-16(7-8-23-19)21(22,13-31-2)14-32-3/h15-20,23-26H,4-14H2,1-3H3. The van der Waals surface area contributed by atoms with Crippen molar-refractivity contribution in [2.45, 2.75) is 61.3 Å². The first-order valence-corrected chi connectivity index (χ1v) is 13.7. The van der Waals surface area contributed by atoms with Gasteiger partial charge in [-0.05, 0) is 38.1 Å². The first kappa shape index (κ1) is 25.6. The first-order valence-electron chi connectivity index (χ1n) is 12.1. The minimum atomic E-state index is -3.50. The van der Waals surface area contributed by atoms with Gasteiger partial charge in [-0.2, -0.15) is 0 Å². The van der Waals surface area contributed by atoms with Crippen LogP contribution in [0.4, 0.5) is 4.39 Å². The molecule has 0 amide bonds. The van der Waals surface area contributed by atoms with E-state index in [0.717, 1.165) is 25.8 Å². The van der Waals surface area contributed by atoms with Crippen LogP contribution >= 0.6 is 0 Å². The number of piperidine rings is 1. The number of alkyl halides is 1. The van der Waals surface area contributed by atoms with Crippen LogP contribution in [0.25, 0.3) is 0 Å². The summed E-state index contributed by atoms with van der Waals surface area (Å²) in [5, 5.41) is 6.88. The van der Waals surface area contributed by atoms with Crippen LogP contribution in [0.2, 0.25) is 0 Å². The van der Waals surface area contributed by atoms with E-state index in [-0.39, 0.29) is 37.4 Å². The van der Waals surface area contributed by atoms with Crippen LogP contribution in [0.5, 0.6) is 0 Å². The van der Waals surface area contributed by atoms with E-state index in [1.807, 2.05) is 12.1 Å². The molecule has 0 aromatic heterocycles. The summed E-state index contributed by atoms with van der Waals surface area (Å²) >= 11 is 0. The Morgan fingerprint density at radius 1 is 1.12 bits per heavy atom.